The Bertz CT molecular complexity index is 345. The van der Waals surface area contributed by atoms with E-state index in [9.17, 15) is 4.79 Å². The zero-order valence-corrected chi connectivity index (χ0v) is 10.2. The first kappa shape index (κ1) is 12.7. The summed E-state index contributed by atoms with van der Waals surface area (Å²) in [6.45, 7) is 4.52. The van der Waals surface area contributed by atoms with Crippen molar-refractivity contribution >= 4 is 5.91 Å². The van der Waals surface area contributed by atoms with Gasteiger partial charge in [-0.15, -0.1) is 0 Å². The summed E-state index contributed by atoms with van der Waals surface area (Å²) >= 11 is 0. The van der Waals surface area contributed by atoms with Crippen LogP contribution in [0.3, 0.4) is 0 Å². The van der Waals surface area contributed by atoms with E-state index in [2.05, 4.69) is 6.92 Å². The molecule has 0 spiro atoms. The number of nitrogens with zero attached hydrogens (tertiary/aromatic N) is 1. The first-order chi connectivity index (χ1) is 7.60. The Morgan fingerprint density at radius 1 is 1.38 bits per heavy atom. The Morgan fingerprint density at radius 3 is 2.38 bits per heavy atom. The average molecular weight is 220 g/mol. The van der Waals surface area contributed by atoms with Gasteiger partial charge >= 0.3 is 0 Å². The zero-order chi connectivity index (χ0) is 12.1. The zero-order valence-electron chi connectivity index (χ0n) is 10.2. The minimum absolute atomic E-state index is 0.0283. The number of hydrogen-bond acceptors (Lipinski definition) is 2. The quantitative estimate of drug-likeness (QED) is 0.839. The number of likely N-dealkylation sites (N-methyl/N-ethyl adjacent to an activating group) is 1. The molecule has 1 unspecified atom stereocenters. The van der Waals surface area contributed by atoms with Crippen molar-refractivity contribution in [2.45, 2.75) is 26.3 Å². The van der Waals surface area contributed by atoms with Crippen LogP contribution in [0.15, 0.2) is 24.3 Å². The summed E-state index contributed by atoms with van der Waals surface area (Å²) in [7, 11) is 1.79. The van der Waals surface area contributed by atoms with Crippen molar-refractivity contribution in [2.75, 3.05) is 13.6 Å². The van der Waals surface area contributed by atoms with Crippen LogP contribution < -0.4 is 5.73 Å². The molecule has 0 aromatic heterocycles. The second kappa shape index (κ2) is 5.66. The van der Waals surface area contributed by atoms with Gasteiger partial charge in [0.2, 0.25) is 0 Å². The van der Waals surface area contributed by atoms with Crippen molar-refractivity contribution in [3.63, 3.8) is 0 Å². The van der Waals surface area contributed by atoms with Crippen molar-refractivity contribution in [1.82, 2.24) is 4.90 Å². The van der Waals surface area contributed by atoms with E-state index >= 15 is 0 Å². The van der Waals surface area contributed by atoms with Gasteiger partial charge in [0.15, 0.2) is 0 Å². The Morgan fingerprint density at radius 2 is 1.94 bits per heavy atom. The van der Waals surface area contributed by atoms with E-state index in [4.69, 9.17) is 5.73 Å². The third-order valence-corrected chi connectivity index (χ3v) is 2.93. The van der Waals surface area contributed by atoms with E-state index in [1.807, 2.05) is 31.2 Å². The maximum atomic E-state index is 12.0. The van der Waals surface area contributed by atoms with Crippen LogP contribution in [0.2, 0.25) is 0 Å². The highest BCUT2D eigenvalue weighted by atomic mass is 16.2. The van der Waals surface area contributed by atoms with Crippen molar-refractivity contribution in [3.05, 3.63) is 35.4 Å². The number of rotatable bonds is 4. The fourth-order valence-electron chi connectivity index (χ4n) is 1.44. The summed E-state index contributed by atoms with van der Waals surface area (Å²) in [4.78, 5) is 13.7. The Kier molecular flexibility index (Phi) is 4.50. The number of amides is 1. The topological polar surface area (TPSA) is 46.3 Å². The van der Waals surface area contributed by atoms with E-state index in [0.717, 1.165) is 12.0 Å². The van der Waals surface area contributed by atoms with Crippen LogP contribution in [0.1, 0.15) is 29.8 Å². The van der Waals surface area contributed by atoms with Crippen molar-refractivity contribution < 1.29 is 4.79 Å². The highest BCUT2D eigenvalue weighted by molar-refractivity contribution is 5.94. The standard InChI is InChI=1S/C13H20N2O/c1-4-11-5-7-12(8-6-11)13(16)15(3)10(2)9-14/h5-8,10H,4,9,14H2,1-3H3. The molecule has 1 rings (SSSR count). The molecule has 16 heavy (non-hydrogen) atoms. The molecule has 0 bridgehead atoms. The number of carbonyl (C=O) groups excluding carboxylic acids is 1. The Balaban J connectivity index is 2.80. The number of carbonyl (C=O) groups is 1. The van der Waals surface area contributed by atoms with Gasteiger partial charge in [0.25, 0.3) is 5.91 Å². The molecule has 0 radical (unpaired) electrons. The van der Waals surface area contributed by atoms with Gasteiger partial charge < -0.3 is 10.6 Å². The molecular weight excluding hydrogens is 200 g/mol. The predicted octanol–water partition coefficient (Wildman–Crippen LogP) is 1.67. The fourth-order valence-corrected chi connectivity index (χ4v) is 1.44. The number of hydrogen-bond donors (Lipinski definition) is 1. The summed E-state index contributed by atoms with van der Waals surface area (Å²) in [6.07, 6.45) is 0.990. The number of nitrogens with two attached hydrogens (primary N) is 1. The van der Waals surface area contributed by atoms with E-state index in [1.54, 1.807) is 11.9 Å². The van der Waals surface area contributed by atoms with Gasteiger partial charge in [0, 0.05) is 25.2 Å². The average Bonchev–Trinajstić information content (AvgIpc) is 2.36. The van der Waals surface area contributed by atoms with Gasteiger partial charge in [-0.1, -0.05) is 19.1 Å². The molecule has 0 saturated carbocycles. The van der Waals surface area contributed by atoms with E-state index in [-0.39, 0.29) is 11.9 Å². The summed E-state index contributed by atoms with van der Waals surface area (Å²) < 4.78 is 0. The predicted molar refractivity (Wildman–Crippen MR) is 66.4 cm³/mol. The lowest BCUT2D eigenvalue weighted by Crippen LogP contribution is -2.39. The normalized spacial score (nSPS) is 12.2. The second-order valence-corrected chi connectivity index (χ2v) is 4.05. The maximum Gasteiger partial charge on any atom is 0.253 e. The maximum absolute atomic E-state index is 12.0. The molecule has 1 aromatic rings. The third-order valence-electron chi connectivity index (χ3n) is 2.93. The fraction of sp³-hybridized carbons (Fsp3) is 0.462. The van der Waals surface area contributed by atoms with Gasteiger partial charge in [-0.25, -0.2) is 0 Å². The second-order valence-electron chi connectivity index (χ2n) is 4.05. The summed E-state index contributed by atoms with van der Waals surface area (Å²) in [5, 5.41) is 0. The highest BCUT2D eigenvalue weighted by Gasteiger charge is 2.15. The molecule has 2 N–H and O–H groups in total. The van der Waals surface area contributed by atoms with E-state index in [1.165, 1.54) is 5.56 Å². The van der Waals surface area contributed by atoms with Gasteiger partial charge in [0.1, 0.15) is 0 Å². The molecule has 1 atom stereocenters. The minimum Gasteiger partial charge on any atom is -0.338 e. The van der Waals surface area contributed by atoms with Crippen LogP contribution in [0, 0.1) is 0 Å². The molecule has 3 heteroatoms. The SMILES string of the molecule is CCc1ccc(C(=O)N(C)C(C)CN)cc1. The largest absolute Gasteiger partial charge is 0.338 e. The van der Waals surface area contributed by atoms with Crippen LogP contribution in [0.25, 0.3) is 0 Å². The molecular formula is C13H20N2O. The Hall–Kier alpha value is -1.35. The molecule has 0 saturated heterocycles. The highest BCUT2D eigenvalue weighted by Crippen LogP contribution is 2.09. The lowest BCUT2D eigenvalue weighted by molar-refractivity contribution is 0.0748. The molecule has 88 valence electrons. The van der Waals surface area contributed by atoms with Gasteiger partial charge in [-0.3, -0.25) is 4.79 Å². The van der Waals surface area contributed by atoms with Crippen LogP contribution in [-0.2, 0) is 6.42 Å². The van der Waals surface area contributed by atoms with Crippen LogP contribution in [0.5, 0.6) is 0 Å². The molecule has 3 nitrogen and oxygen atoms in total. The lowest BCUT2D eigenvalue weighted by Gasteiger charge is -2.23. The van der Waals surface area contributed by atoms with Crippen molar-refractivity contribution in [2.24, 2.45) is 5.73 Å². The molecule has 0 aliphatic carbocycles. The van der Waals surface area contributed by atoms with Gasteiger partial charge in [-0.2, -0.15) is 0 Å². The third kappa shape index (κ3) is 2.83. The summed E-state index contributed by atoms with van der Waals surface area (Å²) in [5.41, 5.74) is 7.50. The van der Waals surface area contributed by atoms with Crippen molar-refractivity contribution in [1.29, 1.82) is 0 Å². The molecule has 1 aromatic carbocycles. The summed E-state index contributed by atoms with van der Waals surface area (Å²) in [6, 6.07) is 7.81. The van der Waals surface area contributed by atoms with Gasteiger partial charge in [0.05, 0.1) is 0 Å². The van der Waals surface area contributed by atoms with Crippen molar-refractivity contribution in [3.8, 4) is 0 Å². The molecule has 1 amide bonds. The van der Waals surface area contributed by atoms with Crippen LogP contribution in [0.4, 0.5) is 0 Å². The van der Waals surface area contributed by atoms with E-state index < -0.39 is 0 Å². The molecule has 0 fully saturated rings. The number of benzene rings is 1. The molecule has 0 heterocycles. The first-order valence-corrected chi connectivity index (χ1v) is 5.66. The van der Waals surface area contributed by atoms with E-state index in [0.29, 0.717) is 6.54 Å². The summed E-state index contributed by atoms with van der Waals surface area (Å²) in [5.74, 6) is 0.0283. The van der Waals surface area contributed by atoms with Gasteiger partial charge in [-0.05, 0) is 31.0 Å². The lowest BCUT2D eigenvalue weighted by atomic mass is 10.1. The smallest absolute Gasteiger partial charge is 0.253 e. The minimum atomic E-state index is 0.0283. The molecule has 0 aliphatic rings. The first-order valence-electron chi connectivity index (χ1n) is 5.66. The Labute approximate surface area is 97.2 Å². The molecule has 0 aliphatic heterocycles. The van der Waals surface area contributed by atoms with Crippen LogP contribution in [-0.4, -0.2) is 30.4 Å². The monoisotopic (exact) mass is 220 g/mol. The number of aryl methyl sites for hydroxylation is 1. The van der Waals surface area contributed by atoms with Crippen LogP contribution >= 0.6 is 0 Å².